The van der Waals surface area contributed by atoms with E-state index in [1.807, 2.05) is 57.5 Å². The number of nitrogens with zero attached hydrogens (tertiary/aromatic N) is 3. The van der Waals surface area contributed by atoms with Crippen LogP contribution in [0.25, 0.3) is 0 Å². The van der Waals surface area contributed by atoms with Gasteiger partial charge in [-0.05, 0) is 70.9 Å². The van der Waals surface area contributed by atoms with E-state index >= 15 is 0 Å². The SMILES string of the molecule is COCCCOC1=C2C=C(F)C=CC2N(C)C(C(=O)N(C(C)C)[C@H]2CN(C(=O)OC(C)(C)C)CC[C@@H]2c2cccc(O)c2)=C1. The van der Waals surface area contributed by atoms with Crippen LogP contribution in [0.5, 0.6) is 5.75 Å². The van der Waals surface area contributed by atoms with Crippen LogP contribution in [0.3, 0.4) is 0 Å². The molecule has 4 rings (SSSR count). The van der Waals surface area contributed by atoms with Gasteiger partial charge in [0, 0.05) is 63.9 Å². The Morgan fingerprint density at radius 1 is 1.18 bits per heavy atom. The highest BCUT2D eigenvalue weighted by Crippen LogP contribution is 2.38. The zero-order valence-electron chi connectivity index (χ0n) is 26.9. The number of phenolic OH excluding ortho intramolecular Hbond substituents is 1. The van der Waals surface area contributed by atoms with Crippen molar-refractivity contribution in [2.75, 3.05) is 40.5 Å². The number of likely N-dealkylation sites (tertiary alicyclic amines) is 1. The van der Waals surface area contributed by atoms with Gasteiger partial charge in [-0.3, -0.25) is 4.79 Å². The van der Waals surface area contributed by atoms with E-state index in [2.05, 4.69) is 0 Å². The number of halogens is 1. The molecule has 3 aliphatic rings. The largest absolute Gasteiger partial charge is 0.508 e. The van der Waals surface area contributed by atoms with Crippen LogP contribution in [0, 0.1) is 0 Å². The lowest BCUT2D eigenvalue weighted by Gasteiger charge is -2.47. The number of benzene rings is 1. The number of phenols is 1. The first-order valence-electron chi connectivity index (χ1n) is 15.3. The molecule has 2 heterocycles. The number of hydrogen-bond acceptors (Lipinski definition) is 7. The van der Waals surface area contributed by atoms with Gasteiger partial charge in [-0.15, -0.1) is 0 Å². The number of fused-ring (bicyclic) bond motifs is 1. The molecule has 9 nitrogen and oxygen atoms in total. The van der Waals surface area contributed by atoms with E-state index in [1.165, 1.54) is 12.2 Å². The highest BCUT2D eigenvalue weighted by atomic mass is 19.1. The Balaban J connectivity index is 1.74. The van der Waals surface area contributed by atoms with Gasteiger partial charge in [0.15, 0.2) is 0 Å². The van der Waals surface area contributed by atoms with Crippen LogP contribution in [-0.4, -0.2) is 96.0 Å². The minimum absolute atomic E-state index is 0.144. The van der Waals surface area contributed by atoms with Gasteiger partial charge >= 0.3 is 6.09 Å². The monoisotopic (exact) mass is 611 g/mol. The van der Waals surface area contributed by atoms with Crippen LogP contribution in [0.2, 0.25) is 0 Å². The summed E-state index contributed by atoms with van der Waals surface area (Å²) in [6.07, 6.45) is 7.05. The molecule has 1 aromatic rings. The number of hydrogen-bond donors (Lipinski definition) is 1. The van der Waals surface area contributed by atoms with Gasteiger partial charge in [-0.25, -0.2) is 9.18 Å². The fraction of sp³-hybridized carbons (Fsp3) is 0.529. The van der Waals surface area contributed by atoms with Crippen molar-refractivity contribution in [2.24, 2.45) is 0 Å². The molecular weight excluding hydrogens is 565 g/mol. The Morgan fingerprint density at radius 3 is 2.59 bits per heavy atom. The molecule has 0 bridgehead atoms. The molecule has 1 aliphatic carbocycles. The summed E-state index contributed by atoms with van der Waals surface area (Å²) in [7, 11) is 3.44. The van der Waals surface area contributed by atoms with Crippen molar-refractivity contribution in [3.8, 4) is 5.75 Å². The van der Waals surface area contributed by atoms with E-state index in [-0.39, 0.29) is 36.0 Å². The molecule has 1 unspecified atom stereocenters. The molecule has 0 radical (unpaired) electrons. The van der Waals surface area contributed by atoms with Crippen molar-refractivity contribution < 1.29 is 33.3 Å². The van der Waals surface area contributed by atoms with Crippen molar-refractivity contribution in [3.63, 3.8) is 0 Å². The minimum atomic E-state index is -0.664. The Hall–Kier alpha value is -3.79. The van der Waals surface area contributed by atoms with E-state index in [9.17, 15) is 19.1 Å². The summed E-state index contributed by atoms with van der Waals surface area (Å²) in [6.45, 7) is 11.0. The second kappa shape index (κ2) is 13.9. The first-order chi connectivity index (χ1) is 20.8. The predicted molar refractivity (Wildman–Crippen MR) is 166 cm³/mol. The van der Waals surface area contributed by atoms with E-state index in [4.69, 9.17) is 14.2 Å². The molecule has 240 valence electrons. The van der Waals surface area contributed by atoms with Crippen LogP contribution in [0.1, 0.15) is 58.9 Å². The molecule has 1 saturated heterocycles. The van der Waals surface area contributed by atoms with Gasteiger partial charge in [-0.2, -0.15) is 0 Å². The number of amides is 2. The van der Waals surface area contributed by atoms with Crippen molar-refractivity contribution in [3.05, 3.63) is 77.0 Å². The van der Waals surface area contributed by atoms with Crippen LogP contribution in [0.15, 0.2) is 71.4 Å². The Kier molecular flexibility index (Phi) is 10.4. The standard InChI is InChI=1S/C34H46FN3O6/c1-22(2)38(30-21-37(33(41)44-34(3,4)5)15-14-26(30)23-10-8-11-25(39)18-23)32(40)29-20-31(43-17-9-16-42-7)27-19-24(35)12-13-28(27)36(29)6/h8,10-13,18-20,22,26,28,30,39H,9,14-17,21H2,1-7H3/t26-,28?,30+/m1/s1. The lowest BCUT2D eigenvalue weighted by Crippen LogP contribution is -2.58. The van der Waals surface area contributed by atoms with Gasteiger partial charge in [0.2, 0.25) is 0 Å². The maximum Gasteiger partial charge on any atom is 0.410 e. The van der Waals surface area contributed by atoms with Gasteiger partial charge in [0.25, 0.3) is 5.91 Å². The second-order valence-electron chi connectivity index (χ2n) is 12.8. The summed E-state index contributed by atoms with van der Waals surface area (Å²) in [5.41, 5.74) is 1.27. The number of aromatic hydroxyl groups is 1. The minimum Gasteiger partial charge on any atom is -0.508 e. The van der Waals surface area contributed by atoms with Gasteiger partial charge < -0.3 is 34.0 Å². The zero-order chi connectivity index (χ0) is 32.2. The second-order valence-corrected chi connectivity index (χ2v) is 12.8. The van der Waals surface area contributed by atoms with Crippen LogP contribution < -0.4 is 0 Å². The van der Waals surface area contributed by atoms with Gasteiger partial charge in [-0.1, -0.05) is 18.2 Å². The highest BCUT2D eigenvalue weighted by molar-refractivity contribution is 5.94. The third kappa shape index (κ3) is 7.64. The fourth-order valence-corrected chi connectivity index (χ4v) is 6.06. The van der Waals surface area contributed by atoms with Crippen LogP contribution in [0.4, 0.5) is 9.18 Å². The molecule has 2 aliphatic heterocycles. The van der Waals surface area contributed by atoms with E-state index in [0.29, 0.717) is 49.6 Å². The van der Waals surface area contributed by atoms with Crippen molar-refractivity contribution in [2.45, 2.75) is 77.1 Å². The fourth-order valence-electron chi connectivity index (χ4n) is 6.06. The number of likely N-dealkylation sites (N-methyl/N-ethyl adjacent to an activating group) is 1. The van der Waals surface area contributed by atoms with Crippen LogP contribution in [-0.2, 0) is 19.0 Å². The summed E-state index contributed by atoms with van der Waals surface area (Å²) in [5, 5.41) is 10.3. The molecule has 3 atom stereocenters. The summed E-state index contributed by atoms with van der Waals surface area (Å²) < 4.78 is 31.3. The number of methoxy groups -OCH3 is 1. The van der Waals surface area contributed by atoms with Crippen molar-refractivity contribution in [1.29, 1.82) is 0 Å². The summed E-state index contributed by atoms with van der Waals surface area (Å²) >= 11 is 0. The Bertz CT molecular complexity index is 1340. The average molecular weight is 612 g/mol. The molecule has 44 heavy (non-hydrogen) atoms. The third-order valence-electron chi connectivity index (χ3n) is 8.05. The van der Waals surface area contributed by atoms with Crippen molar-refractivity contribution >= 4 is 12.0 Å². The lowest BCUT2D eigenvalue weighted by atomic mass is 9.83. The summed E-state index contributed by atoms with van der Waals surface area (Å²) in [5.74, 6) is -0.175. The quantitative estimate of drug-likeness (QED) is 0.361. The number of piperidine rings is 1. The number of rotatable bonds is 9. The molecule has 1 aromatic carbocycles. The van der Waals surface area contributed by atoms with E-state index < -0.39 is 23.8 Å². The van der Waals surface area contributed by atoms with Crippen molar-refractivity contribution in [1.82, 2.24) is 14.7 Å². The molecular formula is C34H46FN3O6. The number of allylic oxidation sites excluding steroid dienone is 3. The first-order valence-corrected chi connectivity index (χ1v) is 15.3. The third-order valence-corrected chi connectivity index (χ3v) is 8.05. The molecule has 2 amide bonds. The number of carbonyl (C=O) groups excluding carboxylic acids is 2. The Labute approximate surface area is 260 Å². The topological polar surface area (TPSA) is 91.8 Å². The summed E-state index contributed by atoms with van der Waals surface area (Å²) in [6, 6.07) is 6.04. The summed E-state index contributed by atoms with van der Waals surface area (Å²) in [4.78, 5) is 33.2. The van der Waals surface area contributed by atoms with E-state index in [1.54, 1.807) is 42.4 Å². The zero-order valence-corrected chi connectivity index (χ0v) is 26.9. The number of carbonyl (C=O) groups is 2. The molecule has 10 heteroatoms. The molecule has 0 spiro atoms. The van der Waals surface area contributed by atoms with Crippen LogP contribution >= 0.6 is 0 Å². The highest BCUT2D eigenvalue weighted by Gasteiger charge is 2.43. The molecule has 0 aromatic heterocycles. The molecule has 1 fully saturated rings. The Morgan fingerprint density at radius 2 is 1.93 bits per heavy atom. The maximum absolute atomic E-state index is 14.7. The first kappa shape index (κ1) is 33.1. The average Bonchev–Trinajstić information content (AvgIpc) is 2.95. The van der Waals surface area contributed by atoms with Gasteiger partial charge in [0.05, 0.1) is 18.7 Å². The lowest BCUT2D eigenvalue weighted by molar-refractivity contribution is -0.135. The normalized spacial score (nSPS) is 22.0. The maximum atomic E-state index is 14.7. The van der Waals surface area contributed by atoms with E-state index in [0.717, 1.165) is 5.56 Å². The molecule has 1 N–H and O–H groups in total. The predicted octanol–water partition coefficient (Wildman–Crippen LogP) is 5.65. The molecule has 0 saturated carbocycles. The smallest absolute Gasteiger partial charge is 0.410 e. The number of ether oxygens (including phenoxy) is 3. The van der Waals surface area contributed by atoms with Gasteiger partial charge in [0.1, 0.15) is 28.6 Å².